The van der Waals surface area contributed by atoms with E-state index in [2.05, 4.69) is 4.74 Å². The Morgan fingerprint density at radius 2 is 2.16 bits per heavy atom. The van der Waals surface area contributed by atoms with Gasteiger partial charge in [-0.25, -0.2) is 4.90 Å². The lowest BCUT2D eigenvalue weighted by molar-refractivity contribution is -0.915. The Bertz CT molecular complexity index is 383. The van der Waals surface area contributed by atoms with Crippen LogP contribution in [0, 0.1) is 0 Å². The van der Waals surface area contributed by atoms with Crippen molar-refractivity contribution >= 4 is 28.9 Å². The highest BCUT2D eigenvalue weighted by atomic mass is 32.2. The molecular formula is C11H17N2O5S+. The van der Waals surface area contributed by atoms with Crippen LogP contribution in [0.3, 0.4) is 0 Å². The van der Waals surface area contributed by atoms with Crippen LogP contribution in [0.4, 0.5) is 4.79 Å². The molecule has 0 unspecified atom stereocenters. The van der Waals surface area contributed by atoms with Crippen LogP contribution in [0.2, 0.25) is 0 Å². The predicted octanol–water partition coefficient (Wildman–Crippen LogP) is -1.51. The first-order chi connectivity index (χ1) is 9.11. The second-order valence-electron chi connectivity index (χ2n) is 4.44. The number of hydrogen-bond donors (Lipinski definition) is 1. The smallest absolute Gasteiger partial charge is 0.307 e. The molecule has 0 aromatic heterocycles. The van der Waals surface area contributed by atoms with Gasteiger partial charge >= 0.3 is 5.97 Å². The fourth-order valence-electron chi connectivity index (χ4n) is 2.05. The van der Waals surface area contributed by atoms with E-state index in [0.29, 0.717) is 19.9 Å². The van der Waals surface area contributed by atoms with Crippen LogP contribution in [0.5, 0.6) is 0 Å². The average molecular weight is 289 g/mol. The van der Waals surface area contributed by atoms with Gasteiger partial charge in [0, 0.05) is 0 Å². The third-order valence-electron chi connectivity index (χ3n) is 3.17. The summed E-state index contributed by atoms with van der Waals surface area (Å²) in [7, 11) is 1.27. The average Bonchev–Trinajstić information content (AvgIpc) is 2.67. The summed E-state index contributed by atoms with van der Waals surface area (Å²) in [5.74, 6) is -0.765. The summed E-state index contributed by atoms with van der Waals surface area (Å²) in [4.78, 5) is 37.4. The molecule has 2 amide bonds. The molecule has 0 spiro atoms. The SMILES string of the molecule is COC(=O)C[C@@H]1SC(=O)N(C[NH+]2CCOCC2)C1=O. The molecule has 0 bridgehead atoms. The minimum Gasteiger partial charge on any atom is -0.469 e. The van der Waals surface area contributed by atoms with Crippen LogP contribution in [0.1, 0.15) is 6.42 Å². The Kier molecular flexibility index (Phi) is 4.78. The molecule has 2 aliphatic heterocycles. The summed E-state index contributed by atoms with van der Waals surface area (Å²) in [5.41, 5.74) is 0. The first kappa shape index (κ1) is 14.3. The van der Waals surface area contributed by atoms with E-state index < -0.39 is 11.2 Å². The van der Waals surface area contributed by atoms with E-state index in [9.17, 15) is 14.4 Å². The number of imide groups is 1. The molecule has 2 rings (SSSR count). The number of methoxy groups -OCH3 is 1. The number of ether oxygens (including phenoxy) is 2. The van der Waals surface area contributed by atoms with Gasteiger partial charge in [0.2, 0.25) is 5.91 Å². The van der Waals surface area contributed by atoms with Gasteiger partial charge in [-0.2, -0.15) is 0 Å². The summed E-state index contributed by atoms with van der Waals surface area (Å²) in [5, 5.41) is -0.918. The lowest BCUT2D eigenvalue weighted by Crippen LogP contribution is -3.15. The fourth-order valence-corrected chi connectivity index (χ4v) is 3.02. The summed E-state index contributed by atoms with van der Waals surface area (Å²) in [6.45, 7) is 3.20. The monoisotopic (exact) mass is 289 g/mol. The predicted molar refractivity (Wildman–Crippen MR) is 66.6 cm³/mol. The summed E-state index contributed by atoms with van der Waals surface area (Å²) >= 11 is 0.906. The Morgan fingerprint density at radius 3 is 2.79 bits per heavy atom. The molecule has 0 aromatic carbocycles. The zero-order valence-electron chi connectivity index (χ0n) is 10.7. The molecule has 7 nitrogen and oxygen atoms in total. The van der Waals surface area contributed by atoms with Crippen molar-refractivity contribution in [2.24, 2.45) is 0 Å². The molecule has 0 radical (unpaired) electrons. The Hall–Kier alpha value is -1.12. The van der Waals surface area contributed by atoms with E-state index >= 15 is 0 Å². The molecule has 2 aliphatic rings. The standard InChI is InChI=1S/C11H16N2O5S/c1-17-9(14)6-8-10(15)13(11(16)19-8)7-12-2-4-18-5-3-12/h8H,2-7H2,1H3/p+1/t8-/m0/s1. The molecular weight excluding hydrogens is 272 g/mol. The van der Waals surface area contributed by atoms with Gasteiger partial charge < -0.3 is 14.4 Å². The quantitative estimate of drug-likeness (QED) is 0.634. The van der Waals surface area contributed by atoms with Gasteiger partial charge in [0.1, 0.15) is 18.3 Å². The highest BCUT2D eigenvalue weighted by Gasteiger charge is 2.42. The van der Waals surface area contributed by atoms with Gasteiger partial charge in [-0.05, 0) is 0 Å². The highest BCUT2D eigenvalue weighted by molar-refractivity contribution is 8.15. The van der Waals surface area contributed by atoms with Crippen molar-refractivity contribution in [3.8, 4) is 0 Å². The molecule has 2 fully saturated rings. The van der Waals surface area contributed by atoms with Gasteiger partial charge in [0.25, 0.3) is 5.24 Å². The molecule has 1 N–H and O–H groups in total. The summed E-state index contributed by atoms with van der Waals surface area (Å²) in [6, 6.07) is 0. The van der Waals surface area contributed by atoms with E-state index in [1.54, 1.807) is 0 Å². The number of carbonyl (C=O) groups is 3. The molecule has 0 saturated carbocycles. The maximum absolute atomic E-state index is 12.1. The van der Waals surface area contributed by atoms with Crippen molar-refractivity contribution < 1.29 is 28.8 Å². The summed E-state index contributed by atoms with van der Waals surface area (Å²) in [6.07, 6.45) is -0.0549. The topological polar surface area (TPSA) is 77.3 Å². The van der Waals surface area contributed by atoms with Crippen LogP contribution >= 0.6 is 11.8 Å². The molecule has 8 heteroatoms. The second kappa shape index (κ2) is 6.36. The van der Waals surface area contributed by atoms with Crippen LogP contribution in [0.25, 0.3) is 0 Å². The maximum Gasteiger partial charge on any atom is 0.307 e. The third-order valence-corrected chi connectivity index (χ3v) is 4.24. The number of esters is 1. The number of thioether (sulfide) groups is 1. The first-order valence-corrected chi connectivity index (χ1v) is 7.00. The summed E-state index contributed by atoms with van der Waals surface area (Å²) < 4.78 is 9.76. The lowest BCUT2D eigenvalue weighted by Gasteiger charge is -2.26. The normalized spacial score (nSPS) is 24.9. The van der Waals surface area contributed by atoms with E-state index in [4.69, 9.17) is 4.74 Å². The lowest BCUT2D eigenvalue weighted by atomic mass is 10.3. The van der Waals surface area contributed by atoms with E-state index in [-0.39, 0.29) is 17.6 Å². The first-order valence-electron chi connectivity index (χ1n) is 6.12. The number of morpholine rings is 1. The number of rotatable bonds is 4. The van der Waals surface area contributed by atoms with Gasteiger partial charge in [-0.3, -0.25) is 14.4 Å². The third kappa shape index (κ3) is 3.46. The van der Waals surface area contributed by atoms with Gasteiger partial charge in [-0.15, -0.1) is 0 Å². The van der Waals surface area contributed by atoms with Crippen molar-refractivity contribution in [1.29, 1.82) is 0 Å². The molecule has 106 valence electrons. The molecule has 2 heterocycles. The number of carbonyl (C=O) groups excluding carboxylic acids is 3. The molecule has 19 heavy (non-hydrogen) atoms. The number of hydrogen-bond acceptors (Lipinski definition) is 6. The number of nitrogens with one attached hydrogen (secondary N) is 1. The molecule has 0 aliphatic carbocycles. The van der Waals surface area contributed by atoms with Crippen LogP contribution in [-0.4, -0.2) is 67.3 Å². The Morgan fingerprint density at radius 1 is 1.47 bits per heavy atom. The Balaban J connectivity index is 1.92. The number of nitrogens with zero attached hydrogens (tertiary/aromatic N) is 1. The highest BCUT2D eigenvalue weighted by Crippen LogP contribution is 2.28. The largest absolute Gasteiger partial charge is 0.469 e. The molecule has 1 atom stereocenters. The second-order valence-corrected chi connectivity index (χ2v) is 5.59. The fraction of sp³-hybridized carbons (Fsp3) is 0.727. The van der Waals surface area contributed by atoms with Gasteiger partial charge in [0.15, 0.2) is 6.67 Å². The maximum atomic E-state index is 12.1. The van der Waals surface area contributed by atoms with Crippen molar-refractivity contribution in [2.45, 2.75) is 11.7 Å². The molecule has 0 aromatic rings. The van der Waals surface area contributed by atoms with Crippen LogP contribution in [-0.2, 0) is 19.1 Å². The van der Waals surface area contributed by atoms with Crippen molar-refractivity contribution in [3.63, 3.8) is 0 Å². The van der Waals surface area contributed by atoms with E-state index in [1.807, 2.05) is 0 Å². The zero-order chi connectivity index (χ0) is 13.8. The minimum absolute atomic E-state index is 0.0549. The van der Waals surface area contributed by atoms with Crippen LogP contribution < -0.4 is 4.90 Å². The van der Waals surface area contributed by atoms with Crippen molar-refractivity contribution in [1.82, 2.24) is 4.90 Å². The van der Waals surface area contributed by atoms with Crippen molar-refractivity contribution in [2.75, 3.05) is 40.1 Å². The van der Waals surface area contributed by atoms with E-state index in [1.165, 1.54) is 12.0 Å². The number of quaternary nitrogens is 1. The van der Waals surface area contributed by atoms with Crippen LogP contribution in [0.15, 0.2) is 0 Å². The van der Waals surface area contributed by atoms with Gasteiger partial charge in [-0.1, -0.05) is 11.8 Å². The zero-order valence-corrected chi connectivity index (χ0v) is 11.5. The van der Waals surface area contributed by atoms with Gasteiger partial charge in [0.05, 0.1) is 26.7 Å². The minimum atomic E-state index is -0.639. The van der Waals surface area contributed by atoms with E-state index in [0.717, 1.165) is 29.8 Å². The number of amides is 2. The molecule has 2 saturated heterocycles. The Labute approximate surface area is 115 Å². The van der Waals surface area contributed by atoms with Crippen molar-refractivity contribution in [3.05, 3.63) is 0 Å².